The van der Waals surface area contributed by atoms with E-state index in [2.05, 4.69) is 17.3 Å². The minimum absolute atomic E-state index is 0.784. The summed E-state index contributed by atoms with van der Waals surface area (Å²) >= 11 is 7.64. The molecule has 1 N–H and O–H groups in total. The van der Waals surface area contributed by atoms with Crippen LogP contribution in [0.15, 0.2) is 42.5 Å². The lowest BCUT2D eigenvalue weighted by Crippen LogP contribution is -1.99. The molecule has 0 atom stereocenters. The van der Waals surface area contributed by atoms with Crippen molar-refractivity contribution >= 4 is 34.3 Å². The third kappa shape index (κ3) is 2.91. The van der Waals surface area contributed by atoms with Crippen LogP contribution in [-0.4, -0.2) is 4.98 Å². The van der Waals surface area contributed by atoms with Crippen LogP contribution >= 0.6 is 22.9 Å². The first-order valence-electron chi connectivity index (χ1n) is 7.85. The highest BCUT2D eigenvalue weighted by Gasteiger charge is 2.19. The first-order valence-corrected chi connectivity index (χ1v) is 9.04. The number of thiophene rings is 1. The van der Waals surface area contributed by atoms with Crippen molar-refractivity contribution in [3.63, 3.8) is 0 Å². The van der Waals surface area contributed by atoms with E-state index in [-0.39, 0.29) is 0 Å². The highest BCUT2D eigenvalue weighted by Crippen LogP contribution is 2.36. The monoisotopic (exact) mass is 350 g/mol. The SMILES string of the molecule is C#Cc1ccc(Nc2cc(-c3ccc(Cl)s3)nc3c2CCC3)cc1. The van der Waals surface area contributed by atoms with Crippen molar-refractivity contribution in [3.05, 3.63) is 63.6 Å². The van der Waals surface area contributed by atoms with Crippen LogP contribution in [0, 0.1) is 12.3 Å². The minimum atomic E-state index is 0.784. The second-order valence-corrected chi connectivity index (χ2v) is 7.50. The summed E-state index contributed by atoms with van der Waals surface area (Å²) in [5.74, 6) is 2.64. The summed E-state index contributed by atoms with van der Waals surface area (Å²) in [7, 11) is 0. The molecule has 4 rings (SSSR count). The Kier molecular flexibility index (Phi) is 4.02. The number of halogens is 1. The van der Waals surface area contributed by atoms with E-state index in [0.29, 0.717) is 0 Å². The van der Waals surface area contributed by atoms with Gasteiger partial charge in [0.25, 0.3) is 0 Å². The summed E-state index contributed by atoms with van der Waals surface area (Å²) in [4.78, 5) is 5.95. The normalized spacial score (nSPS) is 12.7. The van der Waals surface area contributed by atoms with Gasteiger partial charge in [-0.3, -0.25) is 4.98 Å². The molecule has 24 heavy (non-hydrogen) atoms. The van der Waals surface area contributed by atoms with Gasteiger partial charge in [0.1, 0.15) is 0 Å². The van der Waals surface area contributed by atoms with Gasteiger partial charge in [-0.1, -0.05) is 17.5 Å². The zero-order valence-corrected chi connectivity index (χ0v) is 14.5. The molecule has 0 unspecified atom stereocenters. The fraction of sp³-hybridized carbons (Fsp3) is 0.150. The molecular formula is C20H15ClN2S. The topological polar surface area (TPSA) is 24.9 Å². The van der Waals surface area contributed by atoms with E-state index in [0.717, 1.165) is 51.1 Å². The molecular weight excluding hydrogens is 336 g/mol. The maximum Gasteiger partial charge on any atom is 0.0935 e. The number of nitrogens with one attached hydrogen (secondary N) is 1. The van der Waals surface area contributed by atoms with Crippen LogP contribution in [0.4, 0.5) is 11.4 Å². The lowest BCUT2D eigenvalue weighted by Gasteiger charge is -2.13. The standard InChI is InChI=1S/C20H15ClN2S/c1-2-13-6-8-14(9-7-13)22-17-12-18(19-10-11-20(21)24-19)23-16-5-3-4-15(16)17/h1,6-12H,3-5H2,(H,22,23). The highest BCUT2D eigenvalue weighted by molar-refractivity contribution is 7.19. The molecule has 0 radical (unpaired) electrons. The lowest BCUT2D eigenvalue weighted by molar-refractivity contribution is 0.900. The Hall–Kier alpha value is -2.28. The van der Waals surface area contributed by atoms with Gasteiger partial charge in [0.15, 0.2) is 0 Å². The third-order valence-corrected chi connectivity index (χ3v) is 5.46. The smallest absolute Gasteiger partial charge is 0.0935 e. The molecule has 2 nitrogen and oxygen atoms in total. The maximum atomic E-state index is 6.08. The number of fused-ring (bicyclic) bond motifs is 1. The lowest BCUT2D eigenvalue weighted by atomic mass is 10.1. The van der Waals surface area contributed by atoms with E-state index in [9.17, 15) is 0 Å². The predicted molar refractivity (Wildman–Crippen MR) is 102 cm³/mol. The number of pyridine rings is 1. The van der Waals surface area contributed by atoms with E-state index in [4.69, 9.17) is 23.0 Å². The first kappa shape index (κ1) is 15.3. The predicted octanol–water partition coefficient (Wildman–Crippen LogP) is 5.68. The molecule has 0 amide bonds. The van der Waals surface area contributed by atoms with Gasteiger partial charge < -0.3 is 5.32 Å². The molecule has 0 saturated heterocycles. The number of benzene rings is 1. The van der Waals surface area contributed by atoms with Gasteiger partial charge in [-0.05, 0) is 67.3 Å². The summed E-state index contributed by atoms with van der Waals surface area (Å²) in [5.41, 5.74) is 6.54. The summed E-state index contributed by atoms with van der Waals surface area (Å²) < 4.78 is 0.784. The van der Waals surface area contributed by atoms with Crippen molar-refractivity contribution in [1.29, 1.82) is 0 Å². The van der Waals surface area contributed by atoms with Gasteiger partial charge in [0.2, 0.25) is 0 Å². The van der Waals surface area contributed by atoms with Crippen molar-refractivity contribution in [2.75, 3.05) is 5.32 Å². The zero-order chi connectivity index (χ0) is 16.5. The average molecular weight is 351 g/mol. The van der Waals surface area contributed by atoms with Gasteiger partial charge in [0, 0.05) is 22.6 Å². The first-order chi connectivity index (χ1) is 11.7. The number of hydrogen-bond donors (Lipinski definition) is 1. The highest BCUT2D eigenvalue weighted by atomic mass is 35.5. The van der Waals surface area contributed by atoms with E-state index in [1.807, 2.05) is 36.4 Å². The number of hydrogen-bond acceptors (Lipinski definition) is 3. The van der Waals surface area contributed by atoms with Crippen molar-refractivity contribution in [1.82, 2.24) is 4.98 Å². The summed E-state index contributed by atoms with van der Waals surface area (Å²) in [5, 5.41) is 3.54. The number of terminal acetylenes is 1. The Labute approximate surface area is 150 Å². The Morgan fingerprint density at radius 2 is 1.96 bits per heavy atom. The minimum Gasteiger partial charge on any atom is -0.355 e. The fourth-order valence-corrected chi connectivity index (χ4v) is 4.04. The fourth-order valence-electron chi connectivity index (χ4n) is 3.04. The zero-order valence-electron chi connectivity index (χ0n) is 13.0. The van der Waals surface area contributed by atoms with E-state index < -0.39 is 0 Å². The molecule has 0 aliphatic heterocycles. The molecule has 1 aromatic carbocycles. The maximum absolute atomic E-state index is 6.08. The van der Waals surface area contributed by atoms with Crippen LogP contribution in [0.5, 0.6) is 0 Å². The van der Waals surface area contributed by atoms with Gasteiger partial charge in [-0.15, -0.1) is 17.8 Å². The molecule has 4 heteroatoms. The van der Waals surface area contributed by atoms with E-state index >= 15 is 0 Å². The molecule has 1 aliphatic carbocycles. The number of nitrogens with zero attached hydrogens (tertiary/aromatic N) is 1. The van der Waals surface area contributed by atoms with Crippen LogP contribution in [0.25, 0.3) is 10.6 Å². The van der Waals surface area contributed by atoms with Crippen molar-refractivity contribution in [2.24, 2.45) is 0 Å². The Balaban J connectivity index is 1.73. The molecule has 0 saturated carbocycles. The van der Waals surface area contributed by atoms with Gasteiger partial charge in [0.05, 0.1) is 14.9 Å². The van der Waals surface area contributed by atoms with Crippen LogP contribution in [0.3, 0.4) is 0 Å². The second-order valence-electron chi connectivity index (χ2n) is 5.78. The second kappa shape index (κ2) is 6.32. The molecule has 118 valence electrons. The van der Waals surface area contributed by atoms with Crippen LogP contribution < -0.4 is 5.32 Å². The van der Waals surface area contributed by atoms with Crippen molar-refractivity contribution < 1.29 is 0 Å². The van der Waals surface area contributed by atoms with E-state index in [1.54, 1.807) is 11.3 Å². The van der Waals surface area contributed by atoms with Gasteiger partial charge in [-0.2, -0.15) is 0 Å². The number of rotatable bonds is 3. The Morgan fingerprint density at radius 3 is 2.67 bits per heavy atom. The number of anilines is 2. The Bertz CT molecular complexity index is 935. The average Bonchev–Trinajstić information content (AvgIpc) is 3.24. The summed E-state index contributed by atoms with van der Waals surface area (Å²) in [6.07, 6.45) is 8.68. The summed E-state index contributed by atoms with van der Waals surface area (Å²) in [6, 6.07) is 14.0. The molecule has 0 spiro atoms. The number of aromatic nitrogens is 1. The van der Waals surface area contributed by atoms with Crippen LogP contribution in [0.1, 0.15) is 23.2 Å². The van der Waals surface area contributed by atoms with Crippen LogP contribution in [-0.2, 0) is 12.8 Å². The Morgan fingerprint density at radius 1 is 1.12 bits per heavy atom. The quantitative estimate of drug-likeness (QED) is 0.615. The molecule has 1 aliphatic rings. The van der Waals surface area contributed by atoms with Crippen LogP contribution in [0.2, 0.25) is 4.34 Å². The largest absolute Gasteiger partial charge is 0.355 e. The molecule has 3 aromatic rings. The number of aryl methyl sites for hydroxylation is 1. The molecule has 0 bridgehead atoms. The third-order valence-electron chi connectivity index (χ3n) is 4.21. The van der Waals surface area contributed by atoms with Crippen molar-refractivity contribution in [2.45, 2.75) is 19.3 Å². The van der Waals surface area contributed by atoms with Gasteiger partial charge >= 0.3 is 0 Å². The van der Waals surface area contributed by atoms with Gasteiger partial charge in [-0.25, -0.2) is 0 Å². The molecule has 2 aromatic heterocycles. The van der Waals surface area contributed by atoms with E-state index in [1.165, 1.54) is 11.3 Å². The molecule has 0 fully saturated rings. The van der Waals surface area contributed by atoms with Crippen molar-refractivity contribution in [3.8, 4) is 22.9 Å². The summed E-state index contributed by atoms with van der Waals surface area (Å²) in [6.45, 7) is 0. The molecule has 2 heterocycles.